The minimum Gasteiger partial charge on any atom is -0.504 e. The molecule has 2 aromatic carbocycles. The van der Waals surface area contributed by atoms with E-state index in [0.29, 0.717) is 11.1 Å². The van der Waals surface area contributed by atoms with Crippen LogP contribution in [0.25, 0.3) is 0 Å². The lowest BCUT2D eigenvalue weighted by Gasteiger charge is -2.30. The van der Waals surface area contributed by atoms with Gasteiger partial charge in [0.15, 0.2) is 11.5 Å². The van der Waals surface area contributed by atoms with Crippen LogP contribution in [0.5, 0.6) is 11.5 Å². The first-order valence-corrected chi connectivity index (χ1v) is 7.68. The van der Waals surface area contributed by atoms with Crippen molar-refractivity contribution in [2.24, 2.45) is 0 Å². The van der Waals surface area contributed by atoms with Gasteiger partial charge in [-0.05, 0) is 22.8 Å². The summed E-state index contributed by atoms with van der Waals surface area (Å²) in [5.74, 6) is -1.97. The Morgan fingerprint density at radius 1 is 0.864 bits per heavy atom. The predicted octanol–water partition coefficient (Wildman–Crippen LogP) is 0.821. The topological polar surface area (TPSA) is 135 Å². The van der Waals surface area contributed by atoms with Crippen molar-refractivity contribution in [2.45, 2.75) is 17.1 Å². The van der Waals surface area contributed by atoms with Crippen molar-refractivity contribution in [3.8, 4) is 11.5 Å². The van der Waals surface area contributed by atoms with E-state index in [4.69, 9.17) is 4.55 Å². The number of hydrogen-bond donors (Lipinski definition) is 5. The van der Waals surface area contributed by atoms with Crippen LogP contribution in [-0.4, -0.2) is 33.4 Å². The van der Waals surface area contributed by atoms with Gasteiger partial charge in [-0.2, -0.15) is 8.42 Å². The van der Waals surface area contributed by atoms with Gasteiger partial charge in [0, 0.05) is 5.56 Å². The van der Waals surface area contributed by atoms with E-state index in [-0.39, 0.29) is 11.1 Å². The van der Waals surface area contributed by atoms with Crippen molar-refractivity contribution in [3.05, 3.63) is 52.6 Å². The molecule has 0 fully saturated rings. The molecule has 2 atom stereocenters. The van der Waals surface area contributed by atoms with Gasteiger partial charge in [-0.1, -0.05) is 24.3 Å². The van der Waals surface area contributed by atoms with Crippen LogP contribution < -0.4 is 0 Å². The van der Waals surface area contributed by atoms with Crippen molar-refractivity contribution >= 4 is 10.1 Å². The van der Waals surface area contributed by atoms with Crippen molar-refractivity contribution < 1.29 is 33.4 Å². The second kappa shape index (κ2) is 4.68. The number of hydrogen-bond acceptors (Lipinski definition) is 6. The van der Waals surface area contributed by atoms with Crippen LogP contribution in [0.15, 0.2) is 35.2 Å². The molecule has 0 heterocycles. The molecule has 2 aromatic rings. The highest BCUT2D eigenvalue weighted by Crippen LogP contribution is 2.49. The van der Waals surface area contributed by atoms with Gasteiger partial charge >= 0.3 is 0 Å². The maximum absolute atomic E-state index is 11.3. The molecule has 8 heteroatoms. The second-order valence-corrected chi connectivity index (χ2v) is 6.37. The Kier molecular flexibility index (Phi) is 3.15. The maximum Gasteiger partial charge on any atom is 0.298 e. The molecule has 1 aliphatic carbocycles. The van der Waals surface area contributed by atoms with Gasteiger partial charge in [0.2, 0.25) is 0 Å². The third-order valence-corrected chi connectivity index (χ3v) is 4.61. The number of rotatable bonds is 1. The molecule has 0 aliphatic heterocycles. The zero-order valence-electron chi connectivity index (χ0n) is 11.0. The Bertz CT molecular complexity index is 873. The van der Waals surface area contributed by atoms with E-state index in [9.17, 15) is 28.8 Å². The molecule has 3 rings (SSSR count). The third kappa shape index (κ3) is 1.97. The number of fused-ring (bicyclic) bond motifs is 2. The zero-order chi connectivity index (χ0) is 16.2. The lowest BCUT2D eigenvalue weighted by Crippen LogP contribution is -2.19. The third-order valence-electron chi connectivity index (χ3n) is 3.74. The summed E-state index contributed by atoms with van der Waals surface area (Å²) in [6.07, 6.45) is -2.67. The van der Waals surface area contributed by atoms with Crippen LogP contribution in [0.4, 0.5) is 0 Å². The normalized spacial score (nSPS) is 20.3. The van der Waals surface area contributed by atoms with E-state index in [2.05, 4.69) is 0 Å². The Labute approximate surface area is 125 Å². The summed E-state index contributed by atoms with van der Waals surface area (Å²) in [5, 5.41) is 40.5. The van der Waals surface area contributed by atoms with Crippen LogP contribution in [0.1, 0.15) is 34.5 Å². The molecular formula is C14H12O7S. The number of aromatic hydroxyl groups is 2. The molecule has 0 saturated carbocycles. The average Bonchev–Trinajstić information content (AvgIpc) is 2.46. The van der Waals surface area contributed by atoms with E-state index < -0.39 is 38.7 Å². The van der Waals surface area contributed by atoms with Crippen LogP contribution in [0, 0.1) is 0 Å². The highest BCUT2D eigenvalue weighted by molar-refractivity contribution is 7.86. The summed E-state index contributed by atoms with van der Waals surface area (Å²) in [7, 11) is -4.81. The predicted molar refractivity (Wildman–Crippen MR) is 74.2 cm³/mol. The van der Waals surface area contributed by atoms with Gasteiger partial charge in [-0.15, -0.1) is 0 Å². The number of phenols is 2. The number of phenolic OH excluding ortho intramolecular Hbond substituents is 2. The first kappa shape index (κ1) is 14.8. The van der Waals surface area contributed by atoms with Crippen LogP contribution in [0.2, 0.25) is 0 Å². The number of aliphatic hydroxyl groups is 2. The van der Waals surface area contributed by atoms with Crippen molar-refractivity contribution in [1.29, 1.82) is 0 Å². The minimum absolute atomic E-state index is 0.103. The minimum atomic E-state index is -4.81. The fourth-order valence-electron chi connectivity index (χ4n) is 2.71. The Hall–Kier alpha value is -2.13. The molecule has 0 amide bonds. The maximum atomic E-state index is 11.3. The number of benzene rings is 2. The largest absolute Gasteiger partial charge is 0.504 e. The highest BCUT2D eigenvalue weighted by atomic mass is 32.2. The van der Waals surface area contributed by atoms with Crippen LogP contribution in [0.3, 0.4) is 0 Å². The van der Waals surface area contributed by atoms with Crippen LogP contribution >= 0.6 is 0 Å². The second-order valence-electron chi connectivity index (χ2n) is 4.98. The Morgan fingerprint density at radius 3 is 1.95 bits per heavy atom. The highest BCUT2D eigenvalue weighted by Gasteiger charge is 2.36. The van der Waals surface area contributed by atoms with E-state index in [1.807, 2.05) is 0 Å². The fourth-order valence-corrected chi connectivity index (χ4v) is 3.33. The molecular weight excluding hydrogens is 312 g/mol. The van der Waals surface area contributed by atoms with Gasteiger partial charge in [0.1, 0.15) is 17.1 Å². The SMILES string of the molecule is O=S(=O)(O)c1cc2c(c(O)c1O)C(O)c1ccccc1C2O. The molecule has 5 N–H and O–H groups in total. The summed E-state index contributed by atoms with van der Waals surface area (Å²) in [4.78, 5) is -0.936. The molecule has 0 radical (unpaired) electrons. The lowest BCUT2D eigenvalue weighted by atomic mass is 9.81. The van der Waals surface area contributed by atoms with E-state index in [1.165, 1.54) is 0 Å². The van der Waals surface area contributed by atoms with Crippen molar-refractivity contribution in [2.75, 3.05) is 0 Å². The van der Waals surface area contributed by atoms with Gasteiger partial charge in [0.05, 0.1) is 0 Å². The zero-order valence-corrected chi connectivity index (χ0v) is 11.8. The summed E-state index contributed by atoms with van der Waals surface area (Å²) in [5.41, 5.74) is 0.371. The summed E-state index contributed by atoms with van der Waals surface area (Å²) < 4.78 is 31.6. The first-order chi connectivity index (χ1) is 10.2. The monoisotopic (exact) mass is 324 g/mol. The fraction of sp³-hybridized carbons (Fsp3) is 0.143. The summed E-state index contributed by atoms with van der Waals surface area (Å²) in [6, 6.07) is 7.18. The van der Waals surface area contributed by atoms with Gasteiger partial charge in [-0.25, -0.2) is 0 Å². The molecule has 7 nitrogen and oxygen atoms in total. The lowest BCUT2D eigenvalue weighted by molar-refractivity contribution is 0.168. The van der Waals surface area contributed by atoms with Crippen LogP contribution in [-0.2, 0) is 10.1 Å². The van der Waals surface area contributed by atoms with Gasteiger partial charge < -0.3 is 20.4 Å². The Balaban J connectivity index is 2.36. The van der Waals surface area contributed by atoms with Gasteiger partial charge in [-0.3, -0.25) is 4.55 Å². The quantitative estimate of drug-likeness (QED) is 0.387. The van der Waals surface area contributed by atoms with Crippen molar-refractivity contribution in [1.82, 2.24) is 0 Å². The number of aliphatic hydroxyl groups excluding tert-OH is 2. The smallest absolute Gasteiger partial charge is 0.298 e. The van der Waals surface area contributed by atoms with E-state index in [0.717, 1.165) is 6.07 Å². The molecule has 1 aliphatic rings. The summed E-state index contributed by atoms with van der Waals surface area (Å²) in [6.45, 7) is 0. The Morgan fingerprint density at radius 2 is 1.41 bits per heavy atom. The summed E-state index contributed by atoms with van der Waals surface area (Å²) >= 11 is 0. The molecule has 116 valence electrons. The average molecular weight is 324 g/mol. The molecule has 0 saturated heterocycles. The van der Waals surface area contributed by atoms with E-state index in [1.54, 1.807) is 24.3 Å². The molecule has 0 bridgehead atoms. The molecule has 22 heavy (non-hydrogen) atoms. The van der Waals surface area contributed by atoms with Crippen molar-refractivity contribution in [3.63, 3.8) is 0 Å². The standard InChI is InChI=1S/C14H12O7S/c15-11-6-3-1-2-4-7(6)12(16)10-8(11)5-9(22(19,20)21)13(17)14(10)18/h1-5,11-12,15-18H,(H,19,20,21). The molecule has 0 aromatic heterocycles. The van der Waals surface area contributed by atoms with E-state index >= 15 is 0 Å². The van der Waals surface area contributed by atoms with Gasteiger partial charge in [0.25, 0.3) is 10.1 Å². The molecule has 2 unspecified atom stereocenters. The first-order valence-electron chi connectivity index (χ1n) is 6.24. The molecule has 0 spiro atoms.